The molecule has 1 unspecified atom stereocenters. The molecule has 1 atom stereocenters. The first-order valence-corrected chi connectivity index (χ1v) is 9.73. The molecule has 2 aromatic carbocycles. The molecule has 0 aliphatic heterocycles. The van der Waals surface area contributed by atoms with Gasteiger partial charge in [0.1, 0.15) is 0 Å². The number of aliphatic hydroxyl groups excluding tert-OH is 1. The Bertz CT molecular complexity index is 903. The first-order valence-electron chi connectivity index (χ1n) is 7.84. The van der Waals surface area contributed by atoms with Gasteiger partial charge in [-0.3, -0.25) is 0 Å². The highest BCUT2D eigenvalue weighted by atomic mass is 32.2. The zero-order valence-electron chi connectivity index (χ0n) is 13.7. The molecule has 4 heteroatoms. The van der Waals surface area contributed by atoms with Crippen molar-refractivity contribution in [1.29, 1.82) is 0 Å². The number of hydrogen-bond donors (Lipinski definition) is 1. The molecule has 124 valence electrons. The number of aliphatic hydroxyl groups is 1. The SMILES string of the molecule is CC(O)/C=C1\CC(c2ccc(S(C)(=O)=O)cc2)=C1c1ccccc1. The quantitative estimate of drug-likeness (QED) is 0.923. The molecule has 0 fully saturated rings. The molecule has 1 aliphatic rings. The Morgan fingerprint density at radius 1 is 1.00 bits per heavy atom. The van der Waals surface area contributed by atoms with Crippen LogP contribution >= 0.6 is 0 Å². The fourth-order valence-electron chi connectivity index (χ4n) is 3.00. The molecule has 0 aromatic heterocycles. The van der Waals surface area contributed by atoms with Crippen LogP contribution in [0.5, 0.6) is 0 Å². The van der Waals surface area contributed by atoms with Crippen molar-refractivity contribution in [3.8, 4) is 0 Å². The fourth-order valence-corrected chi connectivity index (χ4v) is 3.63. The van der Waals surface area contributed by atoms with Gasteiger partial charge in [-0.15, -0.1) is 0 Å². The lowest BCUT2D eigenvalue weighted by molar-refractivity contribution is 0.243. The van der Waals surface area contributed by atoms with Crippen LogP contribution in [0.1, 0.15) is 24.5 Å². The van der Waals surface area contributed by atoms with Gasteiger partial charge >= 0.3 is 0 Å². The molecular formula is C20H20O3S. The van der Waals surface area contributed by atoms with E-state index in [0.29, 0.717) is 4.90 Å². The van der Waals surface area contributed by atoms with Crippen LogP contribution in [-0.4, -0.2) is 25.9 Å². The summed E-state index contributed by atoms with van der Waals surface area (Å²) in [6, 6.07) is 17.1. The maximum Gasteiger partial charge on any atom is 0.175 e. The maximum atomic E-state index is 11.6. The summed E-state index contributed by atoms with van der Waals surface area (Å²) in [5.74, 6) is 0. The van der Waals surface area contributed by atoms with Gasteiger partial charge < -0.3 is 5.11 Å². The van der Waals surface area contributed by atoms with E-state index < -0.39 is 15.9 Å². The van der Waals surface area contributed by atoms with Crippen molar-refractivity contribution >= 4 is 21.0 Å². The molecule has 0 radical (unpaired) electrons. The van der Waals surface area contributed by atoms with Crippen molar-refractivity contribution in [3.63, 3.8) is 0 Å². The van der Waals surface area contributed by atoms with Crippen LogP contribution in [-0.2, 0) is 9.84 Å². The topological polar surface area (TPSA) is 54.4 Å². The molecule has 0 saturated carbocycles. The zero-order chi connectivity index (χ0) is 17.3. The van der Waals surface area contributed by atoms with Gasteiger partial charge in [0.05, 0.1) is 11.0 Å². The predicted molar refractivity (Wildman–Crippen MR) is 97.2 cm³/mol. The van der Waals surface area contributed by atoms with Crippen LogP contribution < -0.4 is 0 Å². The lowest BCUT2D eigenvalue weighted by Gasteiger charge is -2.29. The van der Waals surface area contributed by atoms with Crippen molar-refractivity contribution in [3.05, 3.63) is 77.4 Å². The monoisotopic (exact) mass is 340 g/mol. The second-order valence-corrected chi connectivity index (χ2v) is 8.14. The standard InChI is InChI=1S/C20H20O3S/c1-14(21)12-17-13-19(20(17)16-6-4-3-5-7-16)15-8-10-18(11-9-15)24(2,22)23/h3-12,14,21H,13H2,1-2H3/b17-12+. The molecule has 3 rings (SSSR count). The molecular weight excluding hydrogens is 320 g/mol. The fraction of sp³-hybridized carbons (Fsp3) is 0.200. The van der Waals surface area contributed by atoms with E-state index in [0.717, 1.165) is 28.7 Å². The normalized spacial score (nSPS) is 17.7. The minimum absolute atomic E-state index is 0.326. The van der Waals surface area contributed by atoms with E-state index in [-0.39, 0.29) is 0 Å². The molecule has 0 heterocycles. The third kappa shape index (κ3) is 3.35. The zero-order valence-corrected chi connectivity index (χ0v) is 14.5. The van der Waals surface area contributed by atoms with Crippen LogP contribution in [0.3, 0.4) is 0 Å². The Morgan fingerprint density at radius 3 is 2.17 bits per heavy atom. The Balaban J connectivity index is 2.07. The van der Waals surface area contributed by atoms with Gasteiger partial charge in [0.15, 0.2) is 9.84 Å². The highest BCUT2D eigenvalue weighted by Gasteiger charge is 2.26. The van der Waals surface area contributed by atoms with Gasteiger partial charge in [-0.05, 0) is 53.3 Å². The Morgan fingerprint density at radius 2 is 1.62 bits per heavy atom. The largest absolute Gasteiger partial charge is 0.389 e. The number of sulfone groups is 1. The lowest BCUT2D eigenvalue weighted by Crippen LogP contribution is -2.10. The first kappa shape index (κ1) is 16.7. The van der Waals surface area contributed by atoms with E-state index in [9.17, 15) is 13.5 Å². The van der Waals surface area contributed by atoms with Gasteiger partial charge in [-0.2, -0.15) is 0 Å². The van der Waals surface area contributed by atoms with Crippen molar-refractivity contribution in [2.45, 2.75) is 24.3 Å². The summed E-state index contributed by atoms with van der Waals surface area (Å²) in [6.45, 7) is 1.74. The van der Waals surface area contributed by atoms with E-state index in [4.69, 9.17) is 0 Å². The molecule has 24 heavy (non-hydrogen) atoms. The van der Waals surface area contributed by atoms with Gasteiger partial charge in [0, 0.05) is 6.26 Å². The minimum Gasteiger partial charge on any atom is -0.389 e. The summed E-state index contributed by atoms with van der Waals surface area (Å²) in [7, 11) is -3.19. The van der Waals surface area contributed by atoms with Crippen molar-refractivity contribution in [2.24, 2.45) is 0 Å². The van der Waals surface area contributed by atoms with Crippen LogP contribution in [0.15, 0.2) is 71.1 Å². The first-order chi connectivity index (χ1) is 11.4. The summed E-state index contributed by atoms with van der Waals surface area (Å²) < 4.78 is 23.2. The molecule has 3 nitrogen and oxygen atoms in total. The van der Waals surface area contributed by atoms with E-state index >= 15 is 0 Å². The summed E-state index contributed by atoms with van der Waals surface area (Å²) in [5.41, 5.74) is 5.55. The van der Waals surface area contributed by atoms with Crippen molar-refractivity contribution in [1.82, 2.24) is 0 Å². The van der Waals surface area contributed by atoms with Crippen LogP contribution in [0.2, 0.25) is 0 Å². The smallest absolute Gasteiger partial charge is 0.175 e. The second kappa shape index (κ2) is 6.38. The van der Waals surface area contributed by atoms with Crippen LogP contribution in [0.4, 0.5) is 0 Å². The van der Waals surface area contributed by atoms with Crippen molar-refractivity contribution in [2.75, 3.05) is 6.26 Å². The summed E-state index contributed by atoms with van der Waals surface area (Å²) in [6.07, 6.45) is 3.36. The van der Waals surface area contributed by atoms with E-state index in [1.54, 1.807) is 19.1 Å². The van der Waals surface area contributed by atoms with Gasteiger partial charge in [-0.25, -0.2) is 8.42 Å². The second-order valence-electron chi connectivity index (χ2n) is 6.13. The lowest BCUT2D eigenvalue weighted by atomic mass is 9.75. The Labute approximate surface area is 142 Å². The van der Waals surface area contributed by atoms with Crippen molar-refractivity contribution < 1.29 is 13.5 Å². The molecule has 0 spiro atoms. The predicted octanol–water partition coefficient (Wildman–Crippen LogP) is 3.71. The van der Waals surface area contributed by atoms with Crippen LogP contribution in [0.25, 0.3) is 11.1 Å². The number of hydrogen-bond acceptors (Lipinski definition) is 3. The molecule has 0 saturated heterocycles. The highest BCUT2D eigenvalue weighted by Crippen LogP contribution is 2.46. The van der Waals surface area contributed by atoms with E-state index in [1.807, 2.05) is 36.4 Å². The summed E-state index contributed by atoms with van der Waals surface area (Å²) >= 11 is 0. The summed E-state index contributed by atoms with van der Waals surface area (Å²) in [4.78, 5) is 0.326. The average Bonchev–Trinajstić information content (AvgIpc) is 2.51. The van der Waals surface area contributed by atoms with Gasteiger partial charge in [0.2, 0.25) is 0 Å². The molecule has 0 amide bonds. The molecule has 0 bridgehead atoms. The number of allylic oxidation sites excluding steroid dienone is 3. The Hall–Kier alpha value is -2.17. The maximum absolute atomic E-state index is 11.6. The van der Waals surface area contributed by atoms with E-state index in [2.05, 4.69) is 12.1 Å². The van der Waals surface area contributed by atoms with Crippen LogP contribution in [0, 0.1) is 0 Å². The third-order valence-electron chi connectivity index (χ3n) is 4.13. The molecule has 1 N–H and O–H groups in total. The number of benzene rings is 2. The third-order valence-corrected chi connectivity index (χ3v) is 5.25. The Kier molecular flexibility index (Phi) is 4.43. The van der Waals surface area contributed by atoms with E-state index in [1.165, 1.54) is 11.8 Å². The average molecular weight is 340 g/mol. The highest BCUT2D eigenvalue weighted by molar-refractivity contribution is 7.90. The molecule has 1 aliphatic carbocycles. The minimum atomic E-state index is -3.19. The summed E-state index contributed by atoms with van der Waals surface area (Å²) in [5, 5.41) is 9.67. The molecule has 2 aromatic rings. The van der Waals surface area contributed by atoms with Gasteiger partial charge in [0.25, 0.3) is 0 Å². The van der Waals surface area contributed by atoms with Gasteiger partial charge in [-0.1, -0.05) is 48.5 Å². The number of rotatable bonds is 4.